The second-order valence-electron chi connectivity index (χ2n) is 3.35. The van der Waals surface area contributed by atoms with Crippen molar-refractivity contribution in [3.63, 3.8) is 0 Å². The van der Waals surface area contributed by atoms with Gasteiger partial charge in [-0.3, -0.25) is 0 Å². The van der Waals surface area contributed by atoms with E-state index < -0.39 is 18.3 Å². The highest BCUT2D eigenvalue weighted by Gasteiger charge is 2.42. The second kappa shape index (κ2) is 6.77. The van der Waals surface area contributed by atoms with Crippen LogP contribution in [0.5, 0.6) is 5.75 Å². The number of phenols is 1. The van der Waals surface area contributed by atoms with Gasteiger partial charge in [0.15, 0.2) is 6.10 Å². The first kappa shape index (κ1) is 18.5. The van der Waals surface area contributed by atoms with Crippen LogP contribution in [-0.2, 0) is 0 Å². The maximum absolute atomic E-state index is 12.3. The predicted octanol–water partition coefficient (Wildman–Crippen LogP) is 2.95. The molecule has 3 nitrogen and oxygen atoms in total. The van der Waals surface area contributed by atoms with E-state index in [0.717, 1.165) is 0 Å². The van der Waals surface area contributed by atoms with E-state index in [0.29, 0.717) is 7.14 Å². The van der Waals surface area contributed by atoms with Gasteiger partial charge in [0.05, 0.1) is 13.2 Å². The lowest BCUT2D eigenvalue weighted by Crippen LogP contribution is -2.38. The van der Waals surface area contributed by atoms with Gasteiger partial charge in [0.25, 0.3) is 0 Å². The molecule has 4 N–H and O–H groups in total. The molecule has 0 amide bonds. The molecule has 0 fully saturated rings. The number of hydrogen-bond acceptors (Lipinski definition) is 3. The number of halogens is 6. The molecule has 0 bridgehead atoms. The molecule has 0 heterocycles. The fourth-order valence-electron chi connectivity index (χ4n) is 1.16. The molecule has 0 aliphatic rings. The van der Waals surface area contributed by atoms with Crippen molar-refractivity contribution in [1.29, 1.82) is 0 Å². The molecule has 0 spiro atoms. The van der Waals surface area contributed by atoms with Crippen molar-refractivity contribution in [1.82, 2.24) is 0 Å². The van der Waals surface area contributed by atoms with Gasteiger partial charge in [-0.1, -0.05) is 0 Å². The lowest BCUT2D eigenvalue weighted by atomic mass is 10.0. The fraction of sp³-hybridized carbons (Fsp3) is 0.333. The molecular formula is C9H9ClF3I2NO2. The number of alkyl halides is 3. The summed E-state index contributed by atoms with van der Waals surface area (Å²) in [5, 5.41) is 18.5. The summed E-state index contributed by atoms with van der Waals surface area (Å²) in [4.78, 5) is 0. The molecule has 0 radical (unpaired) electrons. The number of nitrogens with two attached hydrogens (primary N) is 1. The van der Waals surface area contributed by atoms with Crippen LogP contribution in [0.15, 0.2) is 12.1 Å². The number of aliphatic hydroxyl groups excluding tert-OH is 1. The van der Waals surface area contributed by atoms with Crippen molar-refractivity contribution < 1.29 is 23.4 Å². The Morgan fingerprint density at radius 2 is 1.56 bits per heavy atom. The van der Waals surface area contributed by atoms with E-state index in [1.54, 1.807) is 45.2 Å². The van der Waals surface area contributed by atoms with Crippen LogP contribution in [0.1, 0.15) is 11.6 Å². The highest BCUT2D eigenvalue weighted by Crippen LogP contribution is 2.33. The topological polar surface area (TPSA) is 66.5 Å². The number of phenolic OH excluding ortho intramolecular Hbond substituents is 1. The quantitative estimate of drug-likeness (QED) is 0.538. The Morgan fingerprint density at radius 1 is 1.17 bits per heavy atom. The van der Waals surface area contributed by atoms with E-state index in [1.165, 1.54) is 12.1 Å². The average molecular weight is 509 g/mol. The van der Waals surface area contributed by atoms with Gasteiger partial charge >= 0.3 is 6.18 Å². The minimum Gasteiger partial charge on any atom is -0.506 e. The number of hydrogen-bond donors (Lipinski definition) is 3. The highest BCUT2D eigenvalue weighted by atomic mass is 127. The summed E-state index contributed by atoms with van der Waals surface area (Å²) in [7, 11) is 0. The summed E-state index contributed by atoms with van der Waals surface area (Å²) < 4.78 is 37.6. The lowest BCUT2D eigenvalue weighted by molar-refractivity contribution is -0.210. The van der Waals surface area contributed by atoms with E-state index in [1.807, 2.05) is 0 Å². The number of benzene rings is 1. The predicted molar refractivity (Wildman–Crippen MR) is 79.8 cm³/mol. The summed E-state index contributed by atoms with van der Waals surface area (Å²) in [5.41, 5.74) is 5.48. The third kappa shape index (κ3) is 4.25. The third-order valence-corrected chi connectivity index (χ3v) is 3.74. The first-order valence-corrected chi connectivity index (χ1v) is 6.48. The zero-order chi connectivity index (χ0) is 13.4. The van der Waals surface area contributed by atoms with Gasteiger partial charge in [-0.15, -0.1) is 12.4 Å². The van der Waals surface area contributed by atoms with Crippen molar-refractivity contribution >= 4 is 57.6 Å². The average Bonchev–Trinajstić information content (AvgIpc) is 2.21. The van der Waals surface area contributed by atoms with Crippen LogP contribution < -0.4 is 5.73 Å². The molecule has 9 heteroatoms. The number of rotatable bonds is 2. The molecule has 1 aromatic rings. The Kier molecular flexibility index (Phi) is 6.95. The maximum atomic E-state index is 12.3. The smallest absolute Gasteiger partial charge is 0.416 e. The highest BCUT2D eigenvalue weighted by molar-refractivity contribution is 14.1. The molecule has 0 aliphatic carbocycles. The molecule has 0 saturated carbocycles. The minimum absolute atomic E-state index is 0. The normalized spacial score (nSPS) is 14.8. The van der Waals surface area contributed by atoms with Crippen LogP contribution in [0.4, 0.5) is 13.2 Å². The van der Waals surface area contributed by atoms with Crippen molar-refractivity contribution in [2.24, 2.45) is 5.73 Å². The Hall–Kier alpha value is 0.480. The number of aliphatic hydroxyl groups is 1. The zero-order valence-electron chi connectivity index (χ0n) is 8.58. The maximum Gasteiger partial charge on any atom is 0.416 e. The monoisotopic (exact) mass is 509 g/mol. The molecule has 0 saturated heterocycles. The van der Waals surface area contributed by atoms with Gasteiger partial charge in [-0.2, -0.15) is 13.2 Å². The van der Waals surface area contributed by atoms with Gasteiger partial charge in [-0.25, -0.2) is 0 Å². The van der Waals surface area contributed by atoms with Crippen molar-refractivity contribution in [2.45, 2.75) is 18.3 Å². The molecule has 2 atom stereocenters. The van der Waals surface area contributed by atoms with Gasteiger partial charge in [0.1, 0.15) is 5.75 Å². The standard InChI is InChI=1S/C9H8F3I2NO2.ClH/c10-9(11,12)8(17)6(15)3-1-4(13)7(16)5(14)2-3;/h1-2,6,8,16-17H,15H2;1H/t6-,8-;/m0./s1. The van der Waals surface area contributed by atoms with E-state index in [-0.39, 0.29) is 23.7 Å². The van der Waals surface area contributed by atoms with Gasteiger partial charge in [-0.05, 0) is 62.9 Å². The molecule has 1 rings (SSSR count). The summed E-state index contributed by atoms with van der Waals surface area (Å²) >= 11 is 3.56. The fourth-order valence-corrected chi connectivity index (χ4v) is 2.98. The van der Waals surface area contributed by atoms with Crippen molar-refractivity contribution in [2.75, 3.05) is 0 Å². The third-order valence-electron chi connectivity index (χ3n) is 2.10. The van der Waals surface area contributed by atoms with Crippen LogP contribution in [0.25, 0.3) is 0 Å². The Morgan fingerprint density at radius 3 is 1.89 bits per heavy atom. The van der Waals surface area contributed by atoms with Crippen LogP contribution >= 0.6 is 57.6 Å². The lowest BCUT2D eigenvalue weighted by Gasteiger charge is -2.22. The Balaban J connectivity index is 0.00000289. The largest absolute Gasteiger partial charge is 0.506 e. The SMILES string of the molecule is Cl.N[C@@H](c1cc(I)c(O)c(I)c1)[C@H](O)C(F)(F)F. The molecule has 1 aromatic carbocycles. The van der Waals surface area contributed by atoms with Crippen LogP contribution in [0, 0.1) is 7.14 Å². The first-order chi connectivity index (χ1) is 7.64. The molecule has 104 valence electrons. The molecule has 18 heavy (non-hydrogen) atoms. The Labute approximate surface area is 135 Å². The molecule has 0 aliphatic heterocycles. The van der Waals surface area contributed by atoms with Crippen LogP contribution in [-0.4, -0.2) is 22.5 Å². The van der Waals surface area contributed by atoms with Gasteiger partial charge in [0, 0.05) is 0 Å². The van der Waals surface area contributed by atoms with Crippen molar-refractivity contribution in [3.8, 4) is 5.75 Å². The first-order valence-electron chi connectivity index (χ1n) is 4.33. The molecular weight excluding hydrogens is 500 g/mol. The van der Waals surface area contributed by atoms with Crippen LogP contribution in [0.2, 0.25) is 0 Å². The van der Waals surface area contributed by atoms with E-state index in [4.69, 9.17) is 10.8 Å². The van der Waals surface area contributed by atoms with E-state index >= 15 is 0 Å². The second-order valence-corrected chi connectivity index (χ2v) is 5.67. The zero-order valence-corrected chi connectivity index (χ0v) is 13.7. The Bertz CT molecular complexity index is 408. The van der Waals surface area contributed by atoms with Gasteiger partial charge < -0.3 is 15.9 Å². The summed E-state index contributed by atoms with van der Waals surface area (Å²) in [6.07, 6.45) is -7.40. The van der Waals surface area contributed by atoms with Crippen molar-refractivity contribution in [3.05, 3.63) is 24.8 Å². The molecule has 0 aromatic heterocycles. The van der Waals surface area contributed by atoms with E-state index in [2.05, 4.69) is 0 Å². The van der Waals surface area contributed by atoms with E-state index in [9.17, 15) is 18.3 Å². The van der Waals surface area contributed by atoms with Crippen LogP contribution in [0.3, 0.4) is 0 Å². The molecule has 0 unspecified atom stereocenters. The summed E-state index contributed by atoms with van der Waals surface area (Å²) in [6.45, 7) is 0. The minimum atomic E-state index is -4.77. The van der Waals surface area contributed by atoms with Gasteiger partial charge in [0.2, 0.25) is 0 Å². The summed E-state index contributed by atoms with van der Waals surface area (Å²) in [6, 6.07) is 1.06. The summed E-state index contributed by atoms with van der Waals surface area (Å²) in [5.74, 6) is -0.0105. The number of aromatic hydroxyl groups is 1.